The number of nitrogens with one attached hydrogen (secondary N) is 2. The summed E-state index contributed by atoms with van der Waals surface area (Å²) in [5.41, 5.74) is 0.658. The molecule has 0 radical (unpaired) electrons. The summed E-state index contributed by atoms with van der Waals surface area (Å²) in [5, 5.41) is 15.7. The second-order valence-electron chi connectivity index (χ2n) is 5.59. The van der Waals surface area contributed by atoms with Gasteiger partial charge in [-0.1, -0.05) is 31.4 Å². The SMILES string of the molecule is O=C(NCCC(O)c1ccc(F)cc1)NC1CCCCC1. The maximum Gasteiger partial charge on any atom is 0.315 e. The number of halogens is 1. The molecule has 0 spiro atoms. The van der Waals surface area contributed by atoms with E-state index in [1.54, 1.807) is 12.1 Å². The molecule has 1 atom stereocenters. The van der Waals surface area contributed by atoms with Crippen molar-refractivity contribution in [1.82, 2.24) is 10.6 Å². The van der Waals surface area contributed by atoms with Crippen LogP contribution in [0.3, 0.4) is 0 Å². The maximum atomic E-state index is 12.8. The summed E-state index contributed by atoms with van der Waals surface area (Å²) in [6.07, 6.45) is 5.41. The topological polar surface area (TPSA) is 61.4 Å². The highest BCUT2D eigenvalue weighted by Crippen LogP contribution is 2.17. The van der Waals surface area contributed by atoms with Crippen LogP contribution in [0.1, 0.15) is 50.2 Å². The normalized spacial score (nSPS) is 17.2. The fraction of sp³-hybridized carbons (Fsp3) is 0.562. The number of urea groups is 1. The third kappa shape index (κ3) is 5.34. The molecule has 4 nitrogen and oxygen atoms in total. The average molecular weight is 294 g/mol. The molecule has 1 saturated carbocycles. The molecule has 2 amide bonds. The molecule has 5 heteroatoms. The van der Waals surface area contributed by atoms with Crippen LogP contribution in [0.4, 0.5) is 9.18 Å². The molecule has 0 bridgehead atoms. The summed E-state index contributed by atoms with van der Waals surface area (Å²) >= 11 is 0. The minimum absolute atomic E-state index is 0.173. The van der Waals surface area contributed by atoms with E-state index < -0.39 is 6.10 Å². The molecule has 1 unspecified atom stereocenters. The van der Waals surface area contributed by atoms with Crippen molar-refractivity contribution in [2.45, 2.75) is 50.7 Å². The Kier molecular flexibility index (Phi) is 5.99. The third-order valence-corrected chi connectivity index (χ3v) is 3.90. The summed E-state index contributed by atoms with van der Waals surface area (Å²) in [7, 11) is 0. The molecule has 0 heterocycles. The molecule has 1 aromatic rings. The van der Waals surface area contributed by atoms with Gasteiger partial charge in [-0.2, -0.15) is 0 Å². The molecule has 1 aromatic carbocycles. The van der Waals surface area contributed by atoms with E-state index in [1.807, 2.05) is 0 Å². The van der Waals surface area contributed by atoms with Crippen LogP contribution in [0.5, 0.6) is 0 Å². The lowest BCUT2D eigenvalue weighted by molar-refractivity contribution is 0.166. The van der Waals surface area contributed by atoms with Gasteiger partial charge in [0.15, 0.2) is 0 Å². The Hall–Kier alpha value is -1.62. The largest absolute Gasteiger partial charge is 0.388 e. The zero-order valence-electron chi connectivity index (χ0n) is 12.1. The van der Waals surface area contributed by atoms with Gasteiger partial charge in [-0.05, 0) is 37.0 Å². The Morgan fingerprint density at radius 3 is 2.57 bits per heavy atom. The molecule has 2 rings (SSSR count). The van der Waals surface area contributed by atoms with Gasteiger partial charge < -0.3 is 15.7 Å². The van der Waals surface area contributed by atoms with E-state index in [9.17, 15) is 14.3 Å². The summed E-state index contributed by atoms with van der Waals surface area (Å²) in [6, 6.07) is 5.86. The molecule has 1 fully saturated rings. The average Bonchev–Trinajstić information content (AvgIpc) is 2.49. The number of hydrogen-bond acceptors (Lipinski definition) is 2. The number of aliphatic hydroxyl groups is 1. The zero-order valence-corrected chi connectivity index (χ0v) is 12.1. The third-order valence-electron chi connectivity index (χ3n) is 3.90. The highest BCUT2D eigenvalue weighted by molar-refractivity contribution is 5.74. The van der Waals surface area contributed by atoms with E-state index in [2.05, 4.69) is 10.6 Å². The Balaban J connectivity index is 1.66. The molecule has 116 valence electrons. The fourth-order valence-corrected chi connectivity index (χ4v) is 2.66. The molecular formula is C16H23FN2O2. The van der Waals surface area contributed by atoms with Crippen LogP contribution in [0.25, 0.3) is 0 Å². The number of rotatable bonds is 5. The Morgan fingerprint density at radius 2 is 1.90 bits per heavy atom. The van der Waals surface area contributed by atoms with Crippen LogP contribution in [0.15, 0.2) is 24.3 Å². The molecule has 0 saturated heterocycles. The predicted molar refractivity (Wildman–Crippen MR) is 79.4 cm³/mol. The first-order valence-electron chi connectivity index (χ1n) is 7.63. The summed E-state index contributed by atoms with van der Waals surface area (Å²) in [5.74, 6) is -0.323. The molecular weight excluding hydrogens is 271 g/mol. The van der Waals surface area contributed by atoms with Gasteiger partial charge in [0.1, 0.15) is 5.82 Å². The lowest BCUT2D eigenvalue weighted by Crippen LogP contribution is -2.43. The van der Waals surface area contributed by atoms with Crippen molar-refractivity contribution in [3.63, 3.8) is 0 Å². The van der Waals surface area contributed by atoms with Gasteiger partial charge in [0.05, 0.1) is 6.10 Å². The lowest BCUT2D eigenvalue weighted by atomic mass is 9.96. The minimum atomic E-state index is -0.694. The second kappa shape index (κ2) is 7.98. The Morgan fingerprint density at radius 1 is 1.24 bits per heavy atom. The van der Waals surface area contributed by atoms with Crippen LogP contribution >= 0.6 is 0 Å². The van der Waals surface area contributed by atoms with Crippen LogP contribution in [-0.4, -0.2) is 23.7 Å². The summed E-state index contributed by atoms with van der Waals surface area (Å²) < 4.78 is 12.8. The van der Waals surface area contributed by atoms with Crippen molar-refractivity contribution < 1.29 is 14.3 Å². The fourth-order valence-electron chi connectivity index (χ4n) is 2.66. The van der Waals surface area contributed by atoms with E-state index in [0.717, 1.165) is 12.8 Å². The smallest absolute Gasteiger partial charge is 0.315 e. The van der Waals surface area contributed by atoms with Crippen molar-refractivity contribution in [1.29, 1.82) is 0 Å². The Labute approximate surface area is 124 Å². The number of carbonyl (C=O) groups excluding carboxylic acids is 1. The van der Waals surface area contributed by atoms with E-state index in [1.165, 1.54) is 31.4 Å². The zero-order chi connectivity index (χ0) is 15.1. The van der Waals surface area contributed by atoms with Gasteiger partial charge in [0, 0.05) is 12.6 Å². The van der Waals surface area contributed by atoms with Crippen LogP contribution in [0, 0.1) is 5.82 Å². The first kappa shape index (κ1) is 15.8. The molecule has 21 heavy (non-hydrogen) atoms. The molecule has 0 aliphatic heterocycles. The first-order chi connectivity index (χ1) is 10.1. The number of benzene rings is 1. The van der Waals surface area contributed by atoms with Gasteiger partial charge >= 0.3 is 6.03 Å². The molecule has 3 N–H and O–H groups in total. The van der Waals surface area contributed by atoms with Gasteiger partial charge in [0.25, 0.3) is 0 Å². The van der Waals surface area contributed by atoms with Crippen LogP contribution in [0.2, 0.25) is 0 Å². The van der Waals surface area contributed by atoms with E-state index in [0.29, 0.717) is 18.5 Å². The minimum Gasteiger partial charge on any atom is -0.388 e. The van der Waals surface area contributed by atoms with E-state index in [-0.39, 0.29) is 17.9 Å². The highest BCUT2D eigenvalue weighted by atomic mass is 19.1. The molecule has 1 aliphatic carbocycles. The van der Waals surface area contributed by atoms with Gasteiger partial charge in [-0.25, -0.2) is 9.18 Å². The number of carbonyl (C=O) groups is 1. The van der Waals surface area contributed by atoms with E-state index >= 15 is 0 Å². The van der Waals surface area contributed by atoms with Crippen LogP contribution in [-0.2, 0) is 0 Å². The quantitative estimate of drug-likeness (QED) is 0.782. The molecule has 0 aromatic heterocycles. The van der Waals surface area contributed by atoms with Gasteiger partial charge in [-0.15, -0.1) is 0 Å². The standard InChI is InChI=1S/C16H23FN2O2/c17-13-8-6-12(7-9-13)15(20)10-11-18-16(21)19-14-4-2-1-3-5-14/h6-9,14-15,20H,1-5,10-11H2,(H2,18,19,21). The van der Waals surface area contributed by atoms with Crippen molar-refractivity contribution >= 4 is 6.03 Å². The number of aliphatic hydroxyl groups excluding tert-OH is 1. The van der Waals surface area contributed by atoms with E-state index in [4.69, 9.17) is 0 Å². The molecule has 1 aliphatic rings. The maximum absolute atomic E-state index is 12.8. The van der Waals surface area contributed by atoms with Crippen molar-refractivity contribution in [3.8, 4) is 0 Å². The monoisotopic (exact) mass is 294 g/mol. The van der Waals surface area contributed by atoms with Crippen LogP contribution < -0.4 is 10.6 Å². The second-order valence-corrected chi connectivity index (χ2v) is 5.59. The summed E-state index contributed by atoms with van der Waals surface area (Å²) in [4.78, 5) is 11.7. The first-order valence-corrected chi connectivity index (χ1v) is 7.63. The number of hydrogen-bond donors (Lipinski definition) is 3. The van der Waals surface area contributed by atoms with Crippen molar-refractivity contribution in [3.05, 3.63) is 35.6 Å². The summed E-state index contributed by atoms with van der Waals surface area (Å²) in [6.45, 7) is 0.386. The van der Waals surface area contributed by atoms with Gasteiger partial charge in [0.2, 0.25) is 0 Å². The predicted octanol–water partition coefficient (Wildman–Crippen LogP) is 2.88. The highest BCUT2D eigenvalue weighted by Gasteiger charge is 2.15. The van der Waals surface area contributed by atoms with Crippen molar-refractivity contribution in [2.24, 2.45) is 0 Å². The Bertz CT molecular complexity index is 444. The van der Waals surface area contributed by atoms with Crippen molar-refractivity contribution in [2.75, 3.05) is 6.54 Å². The lowest BCUT2D eigenvalue weighted by Gasteiger charge is -2.23. The van der Waals surface area contributed by atoms with Gasteiger partial charge in [-0.3, -0.25) is 0 Å². The number of amides is 2.